The van der Waals surface area contributed by atoms with E-state index in [-0.39, 0.29) is 19.8 Å². The number of nitrogens with two attached hydrogens (primary N) is 1. The number of Topliss-reactive ketones (excluding diaryl/α,β-unsaturated/α-hetero) is 1. The van der Waals surface area contributed by atoms with E-state index in [9.17, 15) is 4.79 Å². The number of nitrogens with one attached hydrogen (secondary N) is 1. The van der Waals surface area contributed by atoms with Gasteiger partial charge in [-0.15, -0.1) is 11.3 Å². The van der Waals surface area contributed by atoms with Crippen molar-refractivity contribution >= 4 is 61.2 Å². The predicted molar refractivity (Wildman–Crippen MR) is 272 cm³/mol. The number of nitrogens with zero attached hydrogens (tertiary/aromatic N) is 9. The molecule has 0 unspecified atom stereocenters. The number of rotatable bonds is 11. The van der Waals surface area contributed by atoms with Crippen molar-refractivity contribution in [2.24, 2.45) is 19.8 Å². The molecule has 9 rings (SSSR count). The van der Waals surface area contributed by atoms with E-state index in [0.717, 1.165) is 76.4 Å². The normalized spacial score (nSPS) is 12.4. The molecule has 0 fully saturated rings. The fourth-order valence-corrected chi connectivity index (χ4v) is 9.01. The molecule has 0 bridgehead atoms. The quantitative estimate of drug-likeness (QED) is 0.0637. The van der Waals surface area contributed by atoms with E-state index >= 15 is 0 Å². The maximum Gasteiger partial charge on any atom is 0.188 e. The number of aryl methyl sites for hydroxylation is 6. The first-order valence-electron chi connectivity index (χ1n) is 21.5. The number of carbonyl (C=O) groups excluding carboxylic acids is 1. The van der Waals surface area contributed by atoms with Crippen LogP contribution in [0, 0.1) is 13.8 Å². The second-order valence-electron chi connectivity index (χ2n) is 15.6. The molecule has 0 spiro atoms. The number of hydrogen-bond donors (Lipinski definition) is 3. The third-order valence-corrected chi connectivity index (χ3v) is 12.3. The summed E-state index contributed by atoms with van der Waals surface area (Å²) in [6.07, 6.45) is 17.5. The Morgan fingerprint density at radius 3 is 1.97 bits per heavy atom. The molecule has 0 atom stereocenters. The van der Waals surface area contributed by atoms with Gasteiger partial charge in [-0.2, -0.15) is 10.2 Å². The van der Waals surface area contributed by atoms with Crippen LogP contribution in [0.2, 0.25) is 0 Å². The molecule has 15 nitrogen and oxygen atoms in total. The average molecular weight is 1000 g/mol. The largest absolute Gasteiger partial charge is 0.495 e. The summed E-state index contributed by atoms with van der Waals surface area (Å²) >= 11 is 9.70. The number of thiocarbonyl (C=S) groups is 1. The fraction of sp³-hybridized carbons (Fsp3) is 0.396. The lowest BCUT2D eigenvalue weighted by atomic mass is 9.95. The zero-order valence-electron chi connectivity index (χ0n) is 38.1. The van der Waals surface area contributed by atoms with E-state index in [1.54, 1.807) is 57.3 Å². The minimum absolute atomic E-state index is 0. The molecular formula is C48H62BrN11O4S2. The zero-order chi connectivity index (χ0) is 46.6. The summed E-state index contributed by atoms with van der Waals surface area (Å²) in [5, 5.41) is 23.5. The zero-order valence-corrected chi connectivity index (χ0v) is 41.3. The SMILES string of the molecule is C.CCO.COc1cc(-c2csc(Nc3c4c(nn3C)CCCC4)n2)ccc1-n1cnc(C)c1.COc1cc(C(=O)CBr)ccc1-n1cnc(C)c1.Cn1nc2c(c1CC(N)=S)CCCC2. The molecule has 18 heteroatoms. The topological polar surface area (TPSA) is 178 Å². The van der Waals surface area contributed by atoms with Crippen molar-refractivity contribution in [2.75, 3.05) is 31.5 Å². The Morgan fingerprint density at radius 1 is 0.864 bits per heavy atom. The van der Waals surface area contributed by atoms with Crippen molar-refractivity contribution in [3.05, 3.63) is 112 Å². The van der Waals surface area contributed by atoms with Gasteiger partial charge in [0.05, 0.1) is 77.0 Å². The van der Waals surface area contributed by atoms with Gasteiger partial charge in [-0.25, -0.2) is 15.0 Å². The van der Waals surface area contributed by atoms with Gasteiger partial charge in [0, 0.05) is 67.3 Å². The first-order chi connectivity index (χ1) is 31.4. The summed E-state index contributed by atoms with van der Waals surface area (Å²) in [5.74, 6) is 2.53. The standard InChI is InChI=1S/C22H24N6OS.C13H13BrN2O2.C10H15N3S.C2H6O.CH4/c1-14-11-28(13-23-14)19-9-8-15(10-20(19)29-3)18-12-30-22(24-18)25-21-16-6-4-5-7-17(16)26-27(21)2;1-9-7-16(8-15-9)11-4-3-10(12(17)6-14)5-13(11)18-2;1-13-9(6-10(11)14)7-4-2-3-5-8(7)12-13;1-2-3;/h8-13H,4-7H2,1-3H3,(H,24,25);3-5,7-8H,6H2,1-2H3;2-6H2,1H3,(H2,11,14);3H,2H2,1H3;1H4. The molecule has 0 saturated heterocycles. The second-order valence-corrected chi connectivity index (χ2v) is 17.5. The van der Waals surface area contributed by atoms with Gasteiger partial charge in [0.1, 0.15) is 17.3 Å². The lowest BCUT2D eigenvalue weighted by molar-refractivity contribution is 0.102. The van der Waals surface area contributed by atoms with Crippen LogP contribution in [0.3, 0.4) is 0 Å². The summed E-state index contributed by atoms with van der Waals surface area (Å²) in [6.45, 7) is 5.83. The summed E-state index contributed by atoms with van der Waals surface area (Å²) in [6, 6.07) is 11.5. The van der Waals surface area contributed by atoms with Crippen LogP contribution in [0.15, 0.2) is 66.8 Å². The molecular weight excluding hydrogens is 939 g/mol. The number of anilines is 2. The Kier molecular flexibility index (Phi) is 18.8. The number of imidazole rings is 2. The van der Waals surface area contributed by atoms with Crippen molar-refractivity contribution < 1.29 is 19.4 Å². The Bertz CT molecular complexity index is 2710. The molecule has 0 radical (unpaired) electrons. The van der Waals surface area contributed by atoms with Crippen molar-refractivity contribution in [1.29, 1.82) is 0 Å². The van der Waals surface area contributed by atoms with Crippen LogP contribution >= 0.6 is 39.5 Å². The number of carbonyl (C=O) groups is 1. The Hall–Kier alpha value is -5.69. The number of ether oxygens (including phenoxy) is 2. The van der Waals surface area contributed by atoms with E-state index in [0.29, 0.717) is 28.1 Å². The van der Waals surface area contributed by atoms with Gasteiger partial charge in [-0.3, -0.25) is 14.2 Å². The second kappa shape index (κ2) is 24.2. The van der Waals surface area contributed by atoms with E-state index < -0.39 is 0 Å². The molecule has 4 N–H and O–H groups in total. The first-order valence-corrected chi connectivity index (χ1v) is 24.0. The highest BCUT2D eigenvalue weighted by Crippen LogP contribution is 2.35. The maximum atomic E-state index is 11.6. The summed E-state index contributed by atoms with van der Waals surface area (Å²) < 4.78 is 18.7. The van der Waals surface area contributed by atoms with E-state index in [1.165, 1.54) is 53.9 Å². The van der Waals surface area contributed by atoms with Crippen LogP contribution in [0.25, 0.3) is 22.6 Å². The van der Waals surface area contributed by atoms with Gasteiger partial charge >= 0.3 is 0 Å². The monoisotopic (exact) mass is 999 g/mol. The third-order valence-electron chi connectivity index (χ3n) is 10.9. The molecule has 7 aromatic rings. The van der Waals surface area contributed by atoms with Crippen LogP contribution in [0.1, 0.15) is 90.0 Å². The van der Waals surface area contributed by atoms with Crippen molar-refractivity contribution in [1.82, 2.24) is 43.6 Å². The maximum absolute atomic E-state index is 11.6. The molecule has 0 saturated carbocycles. The molecule has 5 aromatic heterocycles. The van der Waals surface area contributed by atoms with Crippen LogP contribution < -0.4 is 20.5 Å². The Morgan fingerprint density at radius 2 is 1.41 bits per heavy atom. The van der Waals surface area contributed by atoms with Gasteiger partial charge in [0.25, 0.3) is 0 Å². The number of ketones is 1. The Balaban J connectivity index is 0.000000194. The van der Waals surface area contributed by atoms with Gasteiger partial charge in [0.15, 0.2) is 10.9 Å². The van der Waals surface area contributed by atoms with Crippen molar-refractivity contribution in [3.8, 4) is 34.1 Å². The van der Waals surface area contributed by atoms with Gasteiger partial charge < -0.3 is 34.8 Å². The molecule has 352 valence electrons. The number of alkyl halides is 1. The van der Waals surface area contributed by atoms with Crippen LogP contribution in [0.5, 0.6) is 11.5 Å². The lowest BCUT2D eigenvalue weighted by Gasteiger charge is -2.11. The number of aliphatic hydroxyl groups excluding tert-OH is 1. The minimum atomic E-state index is 0. The van der Waals surface area contributed by atoms with Crippen molar-refractivity contribution in [3.63, 3.8) is 0 Å². The van der Waals surface area contributed by atoms with Crippen LogP contribution in [0.4, 0.5) is 10.9 Å². The number of aromatic nitrogens is 9. The number of aliphatic hydroxyl groups is 1. The van der Waals surface area contributed by atoms with Crippen LogP contribution in [-0.4, -0.2) is 85.7 Å². The number of halogens is 1. The summed E-state index contributed by atoms with van der Waals surface area (Å²) in [5.41, 5.74) is 18.3. The first kappa shape index (κ1) is 51.3. The van der Waals surface area contributed by atoms with E-state index in [1.807, 2.05) is 77.0 Å². The van der Waals surface area contributed by atoms with Crippen molar-refractivity contribution in [2.45, 2.75) is 86.0 Å². The van der Waals surface area contributed by atoms with Gasteiger partial charge in [-0.05, 0) is 108 Å². The predicted octanol–water partition coefficient (Wildman–Crippen LogP) is 9.20. The molecule has 5 heterocycles. The molecule has 66 heavy (non-hydrogen) atoms. The smallest absolute Gasteiger partial charge is 0.188 e. The molecule has 2 aromatic carbocycles. The van der Waals surface area contributed by atoms with E-state index in [2.05, 4.69) is 52.9 Å². The number of hydrogen-bond acceptors (Lipinski definition) is 12. The average Bonchev–Trinajstić information content (AvgIpc) is 4.17. The molecule has 2 aliphatic rings. The summed E-state index contributed by atoms with van der Waals surface area (Å²) in [4.78, 5) is 25.5. The number of thiazole rings is 1. The highest BCUT2D eigenvalue weighted by Gasteiger charge is 2.21. The van der Waals surface area contributed by atoms with Crippen LogP contribution in [-0.2, 0) is 46.2 Å². The fourth-order valence-electron chi connectivity index (χ4n) is 7.83. The Labute approximate surface area is 405 Å². The molecule has 0 amide bonds. The minimum Gasteiger partial charge on any atom is -0.495 e. The highest BCUT2D eigenvalue weighted by molar-refractivity contribution is 9.09. The van der Waals surface area contributed by atoms with Gasteiger partial charge in [0.2, 0.25) is 0 Å². The highest BCUT2D eigenvalue weighted by atomic mass is 79.9. The third kappa shape index (κ3) is 12.6. The number of fused-ring (bicyclic) bond motifs is 2. The van der Waals surface area contributed by atoms with Gasteiger partial charge in [-0.1, -0.05) is 41.6 Å². The number of benzene rings is 2. The molecule has 0 aliphatic heterocycles. The lowest BCUT2D eigenvalue weighted by Crippen LogP contribution is -2.15. The van der Waals surface area contributed by atoms with E-state index in [4.69, 9.17) is 37.5 Å². The number of methoxy groups -OCH3 is 2. The summed E-state index contributed by atoms with van der Waals surface area (Å²) in [7, 11) is 7.25. The molecule has 2 aliphatic carbocycles.